The number of rotatable bonds is 5. The fraction of sp³-hybridized carbons (Fsp3) is 0.167. The largest absolute Gasteiger partial charge is 0.387 e. The quantitative estimate of drug-likeness (QED) is 0.732. The van der Waals surface area contributed by atoms with Crippen LogP contribution in [0.15, 0.2) is 53.1 Å². The fourth-order valence-electron chi connectivity index (χ4n) is 2.30. The third-order valence-electron chi connectivity index (χ3n) is 3.61. The molecule has 3 rings (SSSR count). The van der Waals surface area contributed by atoms with Crippen molar-refractivity contribution in [2.24, 2.45) is 0 Å². The number of carbonyl (C=O) groups excluding carboxylic acids is 1. The maximum absolute atomic E-state index is 12.2. The predicted octanol–water partition coefficient (Wildman–Crippen LogP) is 3.16. The van der Waals surface area contributed by atoms with E-state index in [1.807, 2.05) is 0 Å². The number of aliphatic hydroxyl groups is 1. The summed E-state index contributed by atoms with van der Waals surface area (Å²) in [6, 6.07) is 13.7. The van der Waals surface area contributed by atoms with E-state index in [4.69, 9.17) is 16.1 Å². The van der Waals surface area contributed by atoms with Crippen LogP contribution in [0.1, 0.15) is 27.8 Å². The highest BCUT2D eigenvalue weighted by molar-refractivity contribution is 6.30. The number of halogens is 1. The Morgan fingerprint density at radius 1 is 1.28 bits per heavy atom. The van der Waals surface area contributed by atoms with Gasteiger partial charge in [-0.1, -0.05) is 28.9 Å². The first-order valence-corrected chi connectivity index (χ1v) is 8.03. The molecule has 6 nitrogen and oxygen atoms in total. The van der Waals surface area contributed by atoms with Crippen LogP contribution in [0.3, 0.4) is 0 Å². The van der Waals surface area contributed by atoms with Crippen LogP contribution in [0, 0.1) is 6.92 Å². The zero-order valence-electron chi connectivity index (χ0n) is 13.4. The van der Waals surface area contributed by atoms with Gasteiger partial charge in [-0.3, -0.25) is 4.79 Å². The van der Waals surface area contributed by atoms with E-state index in [1.165, 1.54) is 0 Å². The summed E-state index contributed by atoms with van der Waals surface area (Å²) in [5, 5.41) is 17.1. The standard InChI is InChI=1S/C18H16ClN3O3/c1-11-21-18(25-22-11)13-7-5-12(6-8-13)17(24)20-10-16(23)14-3-2-4-15(19)9-14/h2-9,16,23H,10H2,1H3,(H,20,24). The molecule has 25 heavy (non-hydrogen) atoms. The summed E-state index contributed by atoms with van der Waals surface area (Å²) in [6.07, 6.45) is -0.830. The third kappa shape index (κ3) is 4.23. The van der Waals surface area contributed by atoms with Crippen LogP contribution in [-0.2, 0) is 0 Å². The number of hydrogen-bond acceptors (Lipinski definition) is 5. The van der Waals surface area contributed by atoms with E-state index in [2.05, 4.69) is 15.5 Å². The molecule has 1 aromatic heterocycles. The second kappa shape index (κ2) is 7.46. The van der Waals surface area contributed by atoms with Gasteiger partial charge in [0.15, 0.2) is 5.82 Å². The van der Waals surface area contributed by atoms with Gasteiger partial charge in [-0.15, -0.1) is 0 Å². The molecule has 128 valence electrons. The Morgan fingerprint density at radius 2 is 2.04 bits per heavy atom. The molecule has 2 N–H and O–H groups in total. The summed E-state index contributed by atoms with van der Waals surface area (Å²) in [4.78, 5) is 16.3. The highest BCUT2D eigenvalue weighted by atomic mass is 35.5. The second-order valence-electron chi connectivity index (χ2n) is 5.50. The Labute approximate surface area is 149 Å². The maximum Gasteiger partial charge on any atom is 0.257 e. The van der Waals surface area contributed by atoms with Gasteiger partial charge in [-0.05, 0) is 48.9 Å². The first-order valence-electron chi connectivity index (χ1n) is 7.65. The lowest BCUT2D eigenvalue weighted by Crippen LogP contribution is -2.28. The summed E-state index contributed by atoms with van der Waals surface area (Å²) in [5.41, 5.74) is 1.85. The lowest BCUT2D eigenvalue weighted by atomic mass is 10.1. The van der Waals surface area contributed by atoms with E-state index in [-0.39, 0.29) is 12.5 Å². The van der Waals surface area contributed by atoms with E-state index < -0.39 is 6.10 Å². The molecule has 0 radical (unpaired) electrons. The lowest BCUT2D eigenvalue weighted by molar-refractivity contribution is 0.0916. The van der Waals surface area contributed by atoms with Crippen molar-refractivity contribution in [3.8, 4) is 11.5 Å². The number of carbonyl (C=O) groups is 1. The molecule has 1 unspecified atom stereocenters. The smallest absolute Gasteiger partial charge is 0.257 e. The number of amides is 1. The first kappa shape index (κ1) is 17.1. The number of nitrogens with one attached hydrogen (secondary N) is 1. The minimum Gasteiger partial charge on any atom is -0.387 e. The van der Waals surface area contributed by atoms with Crippen LogP contribution in [0.25, 0.3) is 11.5 Å². The number of nitrogens with zero attached hydrogens (tertiary/aromatic N) is 2. The summed E-state index contributed by atoms with van der Waals surface area (Å²) in [7, 11) is 0. The van der Waals surface area contributed by atoms with Crippen molar-refractivity contribution in [1.82, 2.24) is 15.5 Å². The van der Waals surface area contributed by atoms with Gasteiger partial charge in [0, 0.05) is 22.7 Å². The predicted molar refractivity (Wildman–Crippen MR) is 93.2 cm³/mol. The molecule has 0 spiro atoms. The fourth-order valence-corrected chi connectivity index (χ4v) is 2.50. The molecule has 2 aromatic carbocycles. The SMILES string of the molecule is Cc1noc(-c2ccc(C(=O)NCC(O)c3cccc(Cl)c3)cc2)n1. The van der Waals surface area contributed by atoms with Crippen LogP contribution < -0.4 is 5.32 Å². The van der Waals surface area contributed by atoms with Crippen molar-refractivity contribution in [1.29, 1.82) is 0 Å². The Balaban J connectivity index is 1.61. The van der Waals surface area contributed by atoms with Crippen molar-refractivity contribution in [3.05, 3.63) is 70.5 Å². The first-order chi connectivity index (χ1) is 12.0. The Kier molecular flexibility index (Phi) is 5.11. The number of aliphatic hydroxyl groups excluding tert-OH is 1. The van der Waals surface area contributed by atoms with E-state index in [9.17, 15) is 9.90 Å². The van der Waals surface area contributed by atoms with Crippen molar-refractivity contribution in [2.45, 2.75) is 13.0 Å². The monoisotopic (exact) mass is 357 g/mol. The number of aromatic nitrogens is 2. The van der Waals surface area contributed by atoms with Crippen molar-refractivity contribution < 1.29 is 14.4 Å². The van der Waals surface area contributed by atoms with Crippen LogP contribution in [0.2, 0.25) is 5.02 Å². The molecule has 0 aliphatic carbocycles. The molecular weight excluding hydrogens is 342 g/mol. The molecule has 7 heteroatoms. The molecule has 1 amide bonds. The van der Waals surface area contributed by atoms with Gasteiger partial charge < -0.3 is 14.9 Å². The average molecular weight is 358 g/mol. The molecular formula is C18H16ClN3O3. The highest BCUT2D eigenvalue weighted by Gasteiger charge is 2.12. The van der Waals surface area contributed by atoms with Crippen LogP contribution in [0.5, 0.6) is 0 Å². The van der Waals surface area contributed by atoms with Crippen molar-refractivity contribution >= 4 is 17.5 Å². The molecule has 0 saturated heterocycles. The topological polar surface area (TPSA) is 88.2 Å². The van der Waals surface area contributed by atoms with Gasteiger partial charge in [0.05, 0.1) is 6.10 Å². The molecule has 0 aliphatic rings. The normalized spacial score (nSPS) is 12.0. The zero-order valence-corrected chi connectivity index (χ0v) is 14.2. The molecule has 1 heterocycles. The second-order valence-corrected chi connectivity index (χ2v) is 5.94. The molecule has 3 aromatic rings. The Morgan fingerprint density at radius 3 is 2.68 bits per heavy atom. The van der Waals surface area contributed by atoms with Gasteiger partial charge in [-0.2, -0.15) is 4.98 Å². The van der Waals surface area contributed by atoms with E-state index >= 15 is 0 Å². The Bertz CT molecular complexity index is 877. The maximum atomic E-state index is 12.2. The molecule has 0 bridgehead atoms. The lowest BCUT2D eigenvalue weighted by Gasteiger charge is -2.12. The molecule has 0 aliphatic heterocycles. The van der Waals surface area contributed by atoms with E-state index in [1.54, 1.807) is 55.5 Å². The number of benzene rings is 2. The van der Waals surface area contributed by atoms with Gasteiger partial charge in [-0.25, -0.2) is 0 Å². The van der Waals surface area contributed by atoms with Gasteiger partial charge in [0.1, 0.15) is 0 Å². The average Bonchev–Trinajstić information content (AvgIpc) is 3.06. The van der Waals surface area contributed by atoms with Crippen LogP contribution >= 0.6 is 11.6 Å². The summed E-state index contributed by atoms with van der Waals surface area (Å²) >= 11 is 5.90. The number of hydrogen-bond donors (Lipinski definition) is 2. The summed E-state index contributed by atoms with van der Waals surface area (Å²) in [5.74, 6) is 0.669. The van der Waals surface area contributed by atoms with E-state index in [0.717, 1.165) is 5.56 Å². The number of aryl methyl sites for hydroxylation is 1. The van der Waals surface area contributed by atoms with Gasteiger partial charge in [0.2, 0.25) is 0 Å². The van der Waals surface area contributed by atoms with Crippen LogP contribution in [0.4, 0.5) is 0 Å². The summed E-state index contributed by atoms with van der Waals surface area (Å²) in [6.45, 7) is 1.82. The Hall–Kier alpha value is -2.70. The highest BCUT2D eigenvalue weighted by Crippen LogP contribution is 2.19. The third-order valence-corrected chi connectivity index (χ3v) is 3.85. The zero-order chi connectivity index (χ0) is 17.8. The van der Waals surface area contributed by atoms with Crippen molar-refractivity contribution in [2.75, 3.05) is 6.54 Å². The minimum atomic E-state index is -0.830. The molecule has 0 fully saturated rings. The van der Waals surface area contributed by atoms with Gasteiger partial charge in [0.25, 0.3) is 11.8 Å². The van der Waals surface area contributed by atoms with Gasteiger partial charge >= 0.3 is 0 Å². The van der Waals surface area contributed by atoms with E-state index in [0.29, 0.717) is 27.9 Å². The van der Waals surface area contributed by atoms with Crippen LogP contribution in [-0.4, -0.2) is 27.7 Å². The van der Waals surface area contributed by atoms with Crippen molar-refractivity contribution in [3.63, 3.8) is 0 Å². The molecule has 0 saturated carbocycles. The molecule has 1 atom stereocenters. The minimum absolute atomic E-state index is 0.0871. The summed E-state index contributed by atoms with van der Waals surface area (Å²) < 4.78 is 5.08.